The van der Waals surface area contributed by atoms with Gasteiger partial charge < -0.3 is 14.6 Å². The molecule has 1 aliphatic rings. The topological polar surface area (TPSA) is 41.9 Å². The summed E-state index contributed by atoms with van der Waals surface area (Å²) in [5, 5.41) is 10.9. The first-order valence-corrected chi connectivity index (χ1v) is 7.65. The van der Waals surface area contributed by atoms with Crippen LogP contribution in [0.15, 0.2) is 18.2 Å². The van der Waals surface area contributed by atoms with Gasteiger partial charge >= 0.3 is 0 Å². The van der Waals surface area contributed by atoms with Gasteiger partial charge in [0.05, 0.1) is 14.2 Å². The summed E-state index contributed by atoms with van der Waals surface area (Å²) in [7, 11) is 3.25. The molecule has 0 saturated carbocycles. The average Bonchev–Trinajstić information content (AvgIpc) is 2.54. The maximum atomic E-state index is 10.9. The number of piperidine rings is 1. The minimum atomic E-state index is -0.601. The number of benzene rings is 1. The van der Waals surface area contributed by atoms with Crippen LogP contribution in [0.25, 0.3) is 0 Å². The molecule has 4 heteroatoms. The fourth-order valence-corrected chi connectivity index (χ4v) is 3.07. The van der Waals surface area contributed by atoms with Crippen LogP contribution in [-0.2, 0) is 0 Å². The lowest BCUT2D eigenvalue weighted by atomic mass is 9.87. The minimum Gasteiger partial charge on any atom is -0.497 e. The Morgan fingerprint density at radius 2 is 1.76 bits per heavy atom. The third-order valence-corrected chi connectivity index (χ3v) is 4.58. The molecule has 0 aromatic heterocycles. The molecule has 1 atom stereocenters. The molecule has 0 bridgehead atoms. The number of rotatable bonds is 5. The molecule has 0 radical (unpaired) electrons. The molecule has 1 aliphatic heterocycles. The summed E-state index contributed by atoms with van der Waals surface area (Å²) in [5.74, 6) is 1.41. The van der Waals surface area contributed by atoms with Crippen LogP contribution in [0.3, 0.4) is 0 Å². The van der Waals surface area contributed by atoms with Crippen LogP contribution < -0.4 is 9.47 Å². The molecule has 2 rings (SSSR count). The van der Waals surface area contributed by atoms with Crippen molar-refractivity contribution in [2.45, 2.75) is 44.8 Å². The van der Waals surface area contributed by atoms with Crippen LogP contribution in [-0.4, -0.2) is 42.9 Å². The zero-order chi connectivity index (χ0) is 15.5. The first-order valence-electron chi connectivity index (χ1n) is 7.65. The van der Waals surface area contributed by atoms with Gasteiger partial charge in [-0.3, -0.25) is 4.90 Å². The summed E-state index contributed by atoms with van der Waals surface area (Å²) < 4.78 is 10.7. The van der Waals surface area contributed by atoms with Gasteiger partial charge in [0.2, 0.25) is 0 Å². The standard InChI is InChI=1S/C17H27NO3/c1-17(2,18-10-6-5-7-11-18)16(19)14-9-8-13(20-3)12-15(14)21-4/h8-9,12,16,19H,5-7,10-11H2,1-4H3. The van der Waals surface area contributed by atoms with E-state index >= 15 is 0 Å². The highest BCUT2D eigenvalue weighted by atomic mass is 16.5. The molecule has 1 heterocycles. The molecule has 1 unspecified atom stereocenters. The first-order chi connectivity index (χ1) is 10.0. The molecule has 1 aromatic carbocycles. The first kappa shape index (κ1) is 16.1. The highest BCUT2D eigenvalue weighted by Crippen LogP contribution is 2.38. The minimum absolute atomic E-state index is 0.317. The van der Waals surface area contributed by atoms with E-state index < -0.39 is 6.10 Å². The van der Waals surface area contributed by atoms with Crippen molar-refractivity contribution in [3.05, 3.63) is 23.8 Å². The Labute approximate surface area is 127 Å². The largest absolute Gasteiger partial charge is 0.497 e. The number of methoxy groups -OCH3 is 2. The third-order valence-electron chi connectivity index (χ3n) is 4.58. The molecule has 0 amide bonds. The maximum Gasteiger partial charge on any atom is 0.128 e. The summed E-state index contributed by atoms with van der Waals surface area (Å²) >= 11 is 0. The van der Waals surface area contributed by atoms with Gasteiger partial charge in [-0.05, 0) is 51.9 Å². The predicted octanol–water partition coefficient (Wildman–Crippen LogP) is 3.00. The Morgan fingerprint density at radius 3 is 2.33 bits per heavy atom. The summed E-state index contributed by atoms with van der Waals surface area (Å²) in [6.07, 6.45) is 3.09. The molecule has 1 fully saturated rings. The van der Waals surface area contributed by atoms with Gasteiger partial charge in [0.25, 0.3) is 0 Å². The van der Waals surface area contributed by atoms with Gasteiger partial charge in [0.1, 0.15) is 17.6 Å². The SMILES string of the molecule is COc1ccc(C(O)C(C)(C)N2CCCCC2)c(OC)c1. The second-order valence-corrected chi connectivity index (χ2v) is 6.21. The fraction of sp³-hybridized carbons (Fsp3) is 0.647. The Kier molecular flexibility index (Phi) is 5.12. The number of ether oxygens (including phenoxy) is 2. The number of likely N-dealkylation sites (tertiary alicyclic amines) is 1. The van der Waals surface area contributed by atoms with Crippen LogP contribution in [0.5, 0.6) is 11.5 Å². The van der Waals surface area contributed by atoms with Crippen LogP contribution >= 0.6 is 0 Å². The van der Waals surface area contributed by atoms with E-state index in [9.17, 15) is 5.11 Å². The lowest BCUT2D eigenvalue weighted by Gasteiger charge is -2.44. The summed E-state index contributed by atoms with van der Waals surface area (Å²) in [6, 6.07) is 5.59. The zero-order valence-corrected chi connectivity index (χ0v) is 13.6. The van der Waals surface area contributed by atoms with Gasteiger partial charge in [-0.1, -0.05) is 6.42 Å². The third kappa shape index (κ3) is 3.33. The predicted molar refractivity (Wildman–Crippen MR) is 84.0 cm³/mol. The smallest absolute Gasteiger partial charge is 0.128 e. The molecular formula is C17H27NO3. The molecule has 4 nitrogen and oxygen atoms in total. The van der Waals surface area contributed by atoms with Crippen LogP contribution in [0.2, 0.25) is 0 Å². The lowest BCUT2D eigenvalue weighted by Crippen LogP contribution is -2.50. The number of hydrogen-bond acceptors (Lipinski definition) is 4. The van der Waals surface area contributed by atoms with E-state index in [1.165, 1.54) is 19.3 Å². The van der Waals surface area contributed by atoms with Crippen molar-refractivity contribution in [3.63, 3.8) is 0 Å². The second-order valence-electron chi connectivity index (χ2n) is 6.21. The zero-order valence-electron chi connectivity index (χ0n) is 13.6. The highest BCUT2D eigenvalue weighted by Gasteiger charge is 2.37. The maximum absolute atomic E-state index is 10.9. The Bertz CT molecular complexity index is 467. The van der Waals surface area contributed by atoms with Crippen molar-refractivity contribution in [1.29, 1.82) is 0 Å². The van der Waals surface area contributed by atoms with Crippen LogP contribution in [0, 0.1) is 0 Å². The number of aliphatic hydroxyl groups excluding tert-OH is 1. The Hall–Kier alpha value is -1.26. The van der Waals surface area contributed by atoms with Crippen molar-refractivity contribution in [1.82, 2.24) is 4.90 Å². The molecule has 0 spiro atoms. The van der Waals surface area contributed by atoms with E-state index in [0.29, 0.717) is 5.75 Å². The molecular weight excluding hydrogens is 266 g/mol. The second kappa shape index (κ2) is 6.67. The fourth-order valence-electron chi connectivity index (χ4n) is 3.07. The van der Waals surface area contributed by atoms with Crippen LogP contribution in [0.4, 0.5) is 0 Å². The quantitative estimate of drug-likeness (QED) is 0.906. The number of aliphatic hydroxyl groups is 1. The average molecular weight is 293 g/mol. The summed E-state index contributed by atoms with van der Waals surface area (Å²) in [5.41, 5.74) is 0.497. The van der Waals surface area contributed by atoms with Gasteiger partial charge in [0, 0.05) is 17.2 Å². The van der Waals surface area contributed by atoms with Gasteiger partial charge in [-0.25, -0.2) is 0 Å². The van der Waals surface area contributed by atoms with Crippen molar-refractivity contribution >= 4 is 0 Å². The Balaban J connectivity index is 2.27. The van der Waals surface area contributed by atoms with Crippen molar-refractivity contribution in [2.75, 3.05) is 27.3 Å². The van der Waals surface area contributed by atoms with Crippen molar-refractivity contribution < 1.29 is 14.6 Å². The molecule has 0 aliphatic carbocycles. The number of hydrogen-bond donors (Lipinski definition) is 1. The lowest BCUT2D eigenvalue weighted by molar-refractivity contribution is -0.0218. The van der Waals surface area contributed by atoms with E-state index in [0.717, 1.165) is 24.4 Å². The van der Waals surface area contributed by atoms with Crippen molar-refractivity contribution in [3.8, 4) is 11.5 Å². The summed E-state index contributed by atoms with van der Waals surface area (Å²) in [6.45, 7) is 6.30. The van der Waals surface area contributed by atoms with Crippen LogP contribution in [0.1, 0.15) is 44.8 Å². The molecule has 1 N–H and O–H groups in total. The molecule has 21 heavy (non-hydrogen) atoms. The van der Waals surface area contributed by atoms with Gasteiger partial charge in [0.15, 0.2) is 0 Å². The highest BCUT2D eigenvalue weighted by molar-refractivity contribution is 5.43. The van der Waals surface area contributed by atoms with E-state index in [1.807, 2.05) is 18.2 Å². The Morgan fingerprint density at radius 1 is 1.10 bits per heavy atom. The van der Waals surface area contributed by atoms with E-state index in [1.54, 1.807) is 14.2 Å². The van der Waals surface area contributed by atoms with Gasteiger partial charge in [-0.2, -0.15) is 0 Å². The van der Waals surface area contributed by atoms with Gasteiger partial charge in [-0.15, -0.1) is 0 Å². The van der Waals surface area contributed by atoms with Crippen molar-refractivity contribution in [2.24, 2.45) is 0 Å². The molecule has 118 valence electrons. The van der Waals surface area contributed by atoms with E-state index in [-0.39, 0.29) is 5.54 Å². The van der Waals surface area contributed by atoms with E-state index in [4.69, 9.17) is 9.47 Å². The number of nitrogens with zero attached hydrogens (tertiary/aromatic N) is 1. The molecule has 1 saturated heterocycles. The van der Waals surface area contributed by atoms with E-state index in [2.05, 4.69) is 18.7 Å². The normalized spacial score (nSPS) is 18.3. The summed E-state index contributed by atoms with van der Waals surface area (Å²) in [4.78, 5) is 2.38. The monoisotopic (exact) mass is 293 g/mol. The molecule has 1 aromatic rings.